The van der Waals surface area contributed by atoms with Crippen molar-refractivity contribution >= 4 is 5.91 Å². The van der Waals surface area contributed by atoms with E-state index in [9.17, 15) is 9.90 Å². The van der Waals surface area contributed by atoms with Crippen LogP contribution in [0.5, 0.6) is 5.75 Å². The number of carbonyl (C=O) groups is 1. The minimum atomic E-state index is 0.0313. The van der Waals surface area contributed by atoms with Crippen molar-refractivity contribution in [1.29, 1.82) is 0 Å². The second-order valence-electron chi connectivity index (χ2n) is 4.99. The fourth-order valence-corrected chi connectivity index (χ4v) is 2.09. The Morgan fingerprint density at radius 3 is 2.94 bits per heavy atom. The van der Waals surface area contributed by atoms with Gasteiger partial charge in [-0.15, -0.1) is 0 Å². The first-order valence-corrected chi connectivity index (χ1v) is 6.21. The molecule has 0 aliphatic heterocycles. The molecule has 1 unspecified atom stereocenters. The first kappa shape index (κ1) is 12.0. The molecule has 0 aromatic heterocycles. The first-order chi connectivity index (χ1) is 8.13. The van der Waals surface area contributed by atoms with Crippen molar-refractivity contribution in [3.05, 3.63) is 29.8 Å². The molecule has 0 bridgehead atoms. The summed E-state index contributed by atoms with van der Waals surface area (Å²) in [6, 6.07) is 7.10. The zero-order valence-corrected chi connectivity index (χ0v) is 10.1. The molecular weight excluding hydrogens is 214 g/mol. The summed E-state index contributed by atoms with van der Waals surface area (Å²) in [7, 11) is 0. The highest BCUT2D eigenvalue weighted by Crippen LogP contribution is 2.33. The van der Waals surface area contributed by atoms with E-state index in [0.29, 0.717) is 6.42 Å². The average Bonchev–Trinajstić information content (AvgIpc) is 3.00. The summed E-state index contributed by atoms with van der Waals surface area (Å²) in [5, 5.41) is 12.3. The third-order valence-corrected chi connectivity index (χ3v) is 3.07. The number of hydrogen-bond donors (Lipinski definition) is 2. The van der Waals surface area contributed by atoms with Crippen LogP contribution >= 0.6 is 0 Å². The largest absolute Gasteiger partial charge is 0.508 e. The maximum absolute atomic E-state index is 11.7. The molecule has 1 aliphatic carbocycles. The van der Waals surface area contributed by atoms with Crippen LogP contribution in [0.3, 0.4) is 0 Å². The van der Waals surface area contributed by atoms with Crippen molar-refractivity contribution in [1.82, 2.24) is 5.32 Å². The summed E-state index contributed by atoms with van der Waals surface area (Å²) < 4.78 is 0. The van der Waals surface area contributed by atoms with Gasteiger partial charge in [-0.3, -0.25) is 4.79 Å². The number of hydrogen-bond acceptors (Lipinski definition) is 2. The Morgan fingerprint density at radius 2 is 2.29 bits per heavy atom. The van der Waals surface area contributed by atoms with Crippen LogP contribution in [0.2, 0.25) is 0 Å². The zero-order chi connectivity index (χ0) is 12.3. The Hall–Kier alpha value is -1.51. The molecule has 2 rings (SSSR count). The van der Waals surface area contributed by atoms with Crippen LogP contribution in [0, 0.1) is 5.92 Å². The number of benzene rings is 1. The van der Waals surface area contributed by atoms with E-state index in [1.54, 1.807) is 18.2 Å². The molecule has 92 valence electrons. The maximum atomic E-state index is 11.7. The van der Waals surface area contributed by atoms with E-state index in [4.69, 9.17) is 0 Å². The number of nitrogens with one attached hydrogen (secondary N) is 1. The highest BCUT2D eigenvalue weighted by molar-refractivity contribution is 5.78. The SMILES string of the molecule is CC(CC1CC1)NC(=O)Cc1cccc(O)c1. The summed E-state index contributed by atoms with van der Waals surface area (Å²) in [6.07, 6.45) is 4.05. The lowest BCUT2D eigenvalue weighted by molar-refractivity contribution is -0.121. The molecule has 1 fully saturated rings. The van der Waals surface area contributed by atoms with Gasteiger partial charge in [0, 0.05) is 6.04 Å². The molecular formula is C14H19NO2. The minimum Gasteiger partial charge on any atom is -0.508 e. The lowest BCUT2D eigenvalue weighted by Gasteiger charge is -2.13. The normalized spacial score (nSPS) is 16.5. The van der Waals surface area contributed by atoms with Gasteiger partial charge in [-0.1, -0.05) is 25.0 Å². The third-order valence-electron chi connectivity index (χ3n) is 3.07. The van der Waals surface area contributed by atoms with E-state index < -0.39 is 0 Å². The highest BCUT2D eigenvalue weighted by atomic mass is 16.3. The lowest BCUT2D eigenvalue weighted by Crippen LogP contribution is -2.33. The molecule has 1 aromatic rings. The smallest absolute Gasteiger partial charge is 0.224 e. The Balaban J connectivity index is 1.79. The minimum absolute atomic E-state index is 0.0313. The molecule has 3 nitrogen and oxygen atoms in total. The van der Waals surface area contributed by atoms with E-state index in [1.807, 2.05) is 6.07 Å². The fraction of sp³-hybridized carbons (Fsp3) is 0.500. The Morgan fingerprint density at radius 1 is 1.53 bits per heavy atom. The molecule has 1 atom stereocenters. The van der Waals surface area contributed by atoms with E-state index in [-0.39, 0.29) is 17.7 Å². The predicted octanol–water partition coefficient (Wildman–Crippen LogP) is 2.24. The molecule has 2 N–H and O–H groups in total. The van der Waals surface area contributed by atoms with Crippen LogP contribution in [0.25, 0.3) is 0 Å². The second kappa shape index (κ2) is 5.21. The first-order valence-electron chi connectivity index (χ1n) is 6.21. The van der Waals surface area contributed by atoms with Crippen molar-refractivity contribution in [2.24, 2.45) is 5.92 Å². The van der Waals surface area contributed by atoms with Crippen molar-refractivity contribution in [2.45, 2.75) is 38.6 Å². The van der Waals surface area contributed by atoms with Crippen LogP contribution < -0.4 is 5.32 Å². The number of rotatable bonds is 5. The second-order valence-corrected chi connectivity index (χ2v) is 4.99. The predicted molar refractivity (Wildman–Crippen MR) is 66.8 cm³/mol. The van der Waals surface area contributed by atoms with Crippen molar-refractivity contribution in [2.75, 3.05) is 0 Å². The number of amides is 1. The van der Waals surface area contributed by atoms with E-state index in [1.165, 1.54) is 12.8 Å². The van der Waals surface area contributed by atoms with Gasteiger partial charge in [0.1, 0.15) is 5.75 Å². The number of aromatic hydroxyl groups is 1. The molecule has 1 amide bonds. The summed E-state index contributed by atoms with van der Waals surface area (Å²) >= 11 is 0. The topological polar surface area (TPSA) is 49.3 Å². The summed E-state index contributed by atoms with van der Waals surface area (Å²) in [4.78, 5) is 11.7. The number of carbonyl (C=O) groups excluding carboxylic acids is 1. The van der Waals surface area contributed by atoms with Gasteiger partial charge in [-0.25, -0.2) is 0 Å². The van der Waals surface area contributed by atoms with Gasteiger partial charge in [0.2, 0.25) is 5.91 Å². The van der Waals surface area contributed by atoms with Gasteiger partial charge < -0.3 is 10.4 Å². The quantitative estimate of drug-likeness (QED) is 0.819. The Kier molecular flexibility index (Phi) is 3.67. The molecule has 0 saturated heterocycles. The molecule has 0 spiro atoms. The van der Waals surface area contributed by atoms with Crippen molar-refractivity contribution in [3.8, 4) is 5.75 Å². The van der Waals surface area contributed by atoms with Gasteiger partial charge in [0.05, 0.1) is 6.42 Å². The zero-order valence-electron chi connectivity index (χ0n) is 10.1. The molecule has 1 aliphatic rings. The molecule has 0 radical (unpaired) electrons. The standard InChI is InChI=1S/C14H19NO2/c1-10(7-11-5-6-11)15-14(17)9-12-3-2-4-13(16)8-12/h2-4,8,10-11,16H,5-7,9H2,1H3,(H,15,17). The summed E-state index contributed by atoms with van der Waals surface area (Å²) in [6.45, 7) is 2.05. The Bertz CT molecular complexity index is 399. The van der Waals surface area contributed by atoms with Gasteiger partial charge >= 0.3 is 0 Å². The molecule has 1 aromatic carbocycles. The number of phenols is 1. The van der Waals surface area contributed by atoms with Crippen LogP contribution in [0.1, 0.15) is 31.7 Å². The van der Waals surface area contributed by atoms with Gasteiger partial charge in [-0.05, 0) is 37.0 Å². The molecule has 0 heterocycles. The van der Waals surface area contributed by atoms with Crippen LogP contribution in [0.15, 0.2) is 24.3 Å². The van der Waals surface area contributed by atoms with Crippen molar-refractivity contribution in [3.63, 3.8) is 0 Å². The van der Waals surface area contributed by atoms with Gasteiger partial charge in [0.15, 0.2) is 0 Å². The monoisotopic (exact) mass is 233 g/mol. The highest BCUT2D eigenvalue weighted by Gasteiger charge is 2.24. The van der Waals surface area contributed by atoms with Crippen LogP contribution in [-0.2, 0) is 11.2 Å². The molecule has 17 heavy (non-hydrogen) atoms. The van der Waals surface area contributed by atoms with Gasteiger partial charge in [0.25, 0.3) is 0 Å². The maximum Gasteiger partial charge on any atom is 0.224 e. The summed E-state index contributed by atoms with van der Waals surface area (Å²) in [5.41, 5.74) is 0.848. The fourth-order valence-electron chi connectivity index (χ4n) is 2.09. The lowest BCUT2D eigenvalue weighted by atomic mass is 10.1. The van der Waals surface area contributed by atoms with Gasteiger partial charge in [-0.2, -0.15) is 0 Å². The van der Waals surface area contributed by atoms with Crippen LogP contribution in [0.4, 0.5) is 0 Å². The van der Waals surface area contributed by atoms with Crippen molar-refractivity contribution < 1.29 is 9.90 Å². The number of phenolic OH excluding ortho intramolecular Hbond substituents is 1. The van der Waals surface area contributed by atoms with E-state index >= 15 is 0 Å². The average molecular weight is 233 g/mol. The molecule has 1 saturated carbocycles. The van der Waals surface area contributed by atoms with E-state index in [0.717, 1.165) is 17.9 Å². The van der Waals surface area contributed by atoms with E-state index in [2.05, 4.69) is 12.2 Å². The molecule has 3 heteroatoms. The summed E-state index contributed by atoms with van der Waals surface area (Å²) in [5.74, 6) is 1.07. The Labute approximate surface area is 102 Å². The van der Waals surface area contributed by atoms with Crippen LogP contribution in [-0.4, -0.2) is 17.1 Å². The third kappa shape index (κ3) is 4.10.